The lowest BCUT2D eigenvalue weighted by molar-refractivity contribution is -0.145. The van der Waals surface area contributed by atoms with Gasteiger partial charge in [0.25, 0.3) is 0 Å². The molecule has 4 aromatic rings. The molecule has 6 rings (SSSR count). The number of carbonyl (C=O) groups excluding carboxylic acids is 3. The summed E-state index contributed by atoms with van der Waals surface area (Å²) in [6, 6.07) is 10.9. The monoisotopic (exact) mass is 608 g/mol. The van der Waals surface area contributed by atoms with Crippen LogP contribution < -0.4 is 5.32 Å². The minimum atomic E-state index is -1.14. The van der Waals surface area contributed by atoms with Crippen LogP contribution in [0.1, 0.15) is 60.5 Å². The van der Waals surface area contributed by atoms with Crippen molar-refractivity contribution in [2.45, 2.75) is 78.0 Å². The Bertz CT molecular complexity index is 1820. The molecule has 2 aliphatic rings. The number of fused-ring (bicyclic) bond motifs is 2. The third-order valence-electron chi connectivity index (χ3n) is 9.38. The molecule has 11 heteroatoms. The summed E-state index contributed by atoms with van der Waals surface area (Å²) >= 11 is 0. The first-order valence-electron chi connectivity index (χ1n) is 15.1. The van der Waals surface area contributed by atoms with E-state index in [2.05, 4.69) is 27.3 Å². The molecule has 1 saturated heterocycles. The molecule has 0 bridgehead atoms. The van der Waals surface area contributed by atoms with Crippen molar-refractivity contribution in [2.75, 3.05) is 0 Å². The second-order valence-corrected chi connectivity index (χ2v) is 12.6. The molecule has 2 aromatic heterocycles. The molecule has 0 unspecified atom stereocenters. The van der Waals surface area contributed by atoms with Gasteiger partial charge in [-0.3, -0.25) is 19.1 Å². The molecule has 3 heterocycles. The molecule has 0 spiro atoms. The number of aryl methyl sites for hydroxylation is 2. The zero-order chi connectivity index (χ0) is 32.0. The highest BCUT2D eigenvalue weighted by Gasteiger charge is 2.58. The molecule has 45 heavy (non-hydrogen) atoms. The number of hydrogen-bond donors (Lipinski definition) is 2. The summed E-state index contributed by atoms with van der Waals surface area (Å²) in [5, 5.41) is 17.8. The Labute approximate surface area is 260 Å². The number of carboxylic acid groups (broad SMARTS) is 1. The van der Waals surface area contributed by atoms with Crippen LogP contribution in [0, 0.1) is 19.3 Å². The van der Waals surface area contributed by atoms with Gasteiger partial charge in [-0.2, -0.15) is 5.10 Å². The molecular weight excluding hydrogens is 572 g/mol. The smallest absolute Gasteiger partial charge is 0.326 e. The molecule has 11 nitrogen and oxygen atoms in total. The fraction of sp³-hybridized carbons (Fsp3) is 0.382. The van der Waals surface area contributed by atoms with E-state index in [-0.39, 0.29) is 41.8 Å². The van der Waals surface area contributed by atoms with Crippen LogP contribution in [0.15, 0.2) is 54.9 Å². The van der Waals surface area contributed by atoms with Crippen LogP contribution in [0.25, 0.3) is 22.0 Å². The van der Waals surface area contributed by atoms with E-state index in [4.69, 9.17) is 0 Å². The molecule has 0 radical (unpaired) electrons. The maximum Gasteiger partial charge on any atom is 0.326 e. The number of nitrogens with zero attached hydrogens (tertiary/aromatic N) is 5. The van der Waals surface area contributed by atoms with Gasteiger partial charge < -0.3 is 15.3 Å². The summed E-state index contributed by atoms with van der Waals surface area (Å²) in [5.41, 5.74) is 3.93. The number of amides is 2. The Balaban J connectivity index is 1.29. The summed E-state index contributed by atoms with van der Waals surface area (Å²) in [7, 11) is 0. The van der Waals surface area contributed by atoms with E-state index in [0.29, 0.717) is 23.1 Å². The van der Waals surface area contributed by atoms with E-state index in [9.17, 15) is 24.3 Å². The minimum absolute atomic E-state index is 0.131. The van der Waals surface area contributed by atoms with E-state index in [0.717, 1.165) is 35.1 Å². The zero-order valence-electron chi connectivity index (χ0n) is 25.8. The van der Waals surface area contributed by atoms with E-state index >= 15 is 0 Å². The quantitative estimate of drug-likeness (QED) is 0.272. The normalized spacial score (nSPS) is 21.2. The minimum Gasteiger partial charge on any atom is -0.480 e. The van der Waals surface area contributed by atoms with Gasteiger partial charge in [-0.15, -0.1) is 0 Å². The van der Waals surface area contributed by atoms with E-state index in [1.807, 2.05) is 56.3 Å². The maximum absolute atomic E-state index is 14.1. The van der Waals surface area contributed by atoms with Crippen molar-refractivity contribution in [3.63, 3.8) is 0 Å². The van der Waals surface area contributed by atoms with Crippen LogP contribution in [-0.2, 0) is 27.3 Å². The lowest BCUT2D eigenvalue weighted by Gasteiger charge is -2.44. The van der Waals surface area contributed by atoms with Crippen molar-refractivity contribution >= 4 is 34.5 Å². The van der Waals surface area contributed by atoms with Crippen LogP contribution in [0.3, 0.4) is 0 Å². The zero-order valence-corrected chi connectivity index (χ0v) is 25.8. The predicted octanol–water partition coefficient (Wildman–Crippen LogP) is 3.89. The number of aromatic nitrogens is 4. The molecule has 1 aliphatic heterocycles. The summed E-state index contributed by atoms with van der Waals surface area (Å²) in [5.74, 6) is -1.49. The van der Waals surface area contributed by atoms with Gasteiger partial charge in [0.05, 0.1) is 5.52 Å². The van der Waals surface area contributed by atoms with Crippen molar-refractivity contribution in [1.29, 1.82) is 0 Å². The second kappa shape index (κ2) is 11.5. The average Bonchev–Trinajstić information content (AvgIpc) is 3.46. The van der Waals surface area contributed by atoms with Gasteiger partial charge in [-0.1, -0.05) is 37.3 Å². The standard InChI is InChI=1S/C34H36N6O5/c1-19-12-23(24-16-35-21(3)36-17-24)14-25-30(20(2)41)38-39(31(19)25)18-29(42)40-27(15-34(4)11-10-28(34)40)32(43)37-26(33(44)45)13-22-8-6-5-7-9-22/h5-9,12,14,16-17,26-28H,10-11,13,15,18H2,1-4H3,(H,37,43)(H,44,45)/t26-,27+,28-,34-/m1/s1. The topological polar surface area (TPSA) is 147 Å². The number of hydrogen-bond acceptors (Lipinski definition) is 7. The number of likely N-dealkylation sites (tertiary alicyclic amines) is 1. The summed E-state index contributed by atoms with van der Waals surface area (Å²) < 4.78 is 1.55. The highest BCUT2D eigenvalue weighted by atomic mass is 16.4. The number of benzene rings is 2. The third-order valence-corrected chi connectivity index (χ3v) is 9.38. The van der Waals surface area contributed by atoms with E-state index < -0.39 is 24.0 Å². The number of rotatable bonds is 9. The van der Waals surface area contributed by atoms with Crippen LogP contribution in [0.4, 0.5) is 0 Å². The molecule has 232 valence electrons. The molecule has 2 N–H and O–H groups in total. The molecule has 4 atom stereocenters. The van der Waals surface area contributed by atoms with Crippen LogP contribution in [0.2, 0.25) is 0 Å². The number of nitrogens with one attached hydrogen (secondary N) is 1. The first-order chi connectivity index (χ1) is 21.4. The van der Waals surface area contributed by atoms with E-state index in [1.165, 1.54) is 6.92 Å². The van der Waals surface area contributed by atoms with Gasteiger partial charge in [0.2, 0.25) is 11.8 Å². The Kier molecular flexibility index (Phi) is 7.72. The number of carbonyl (C=O) groups is 4. The van der Waals surface area contributed by atoms with Crippen molar-refractivity contribution in [1.82, 2.24) is 30.0 Å². The molecule has 1 aliphatic carbocycles. The van der Waals surface area contributed by atoms with Gasteiger partial charge >= 0.3 is 5.97 Å². The number of aliphatic carboxylic acids is 1. The van der Waals surface area contributed by atoms with Crippen LogP contribution in [-0.4, -0.2) is 71.4 Å². The van der Waals surface area contributed by atoms with Gasteiger partial charge in [0.15, 0.2) is 5.78 Å². The van der Waals surface area contributed by atoms with Crippen molar-refractivity contribution < 1.29 is 24.3 Å². The second-order valence-electron chi connectivity index (χ2n) is 12.6. The first kappa shape index (κ1) is 30.1. The van der Waals surface area contributed by atoms with Gasteiger partial charge in [0, 0.05) is 42.7 Å². The van der Waals surface area contributed by atoms with Gasteiger partial charge in [-0.05, 0) is 67.3 Å². The highest BCUT2D eigenvalue weighted by molar-refractivity contribution is 6.07. The molecule has 1 saturated carbocycles. The Morgan fingerprint density at radius 1 is 1.07 bits per heavy atom. The van der Waals surface area contributed by atoms with Crippen LogP contribution in [0.5, 0.6) is 0 Å². The number of ketones is 1. The third kappa shape index (κ3) is 5.58. The summed E-state index contributed by atoms with van der Waals surface area (Å²) in [6.45, 7) is 7.07. The number of carboxylic acids is 1. The summed E-state index contributed by atoms with van der Waals surface area (Å²) in [6.07, 6.45) is 5.68. The van der Waals surface area contributed by atoms with Crippen molar-refractivity contribution in [3.05, 3.63) is 77.5 Å². The lowest BCUT2D eigenvalue weighted by Crippen LogP contribution is -2.55. The Morgan fingerprint density at radius 2 is 1.78 bits per heavy atom. The Morgan fingerprint density at radius 3 is 2.40 bits per heavy atom. The Hall–Kier alpha value is -4.93. The van der Waals surface area contributed by atoms with E-state index in [1.54, 1.807) is 22.0 Å². The first-order valence-corrected chi connectivity index (χ1v) is 15.1. The SMILES string of the molecule is CC(=O)c1nn(CC(=O)N2[C@H](C(=O)N[C@H](Cc3ccccc3)C(=O)O)C[C@@]3(C)CC[C@@H]23)c2c(C)cc(-c3cnc(C)nc3)cc12. The summed E-state index contributed by atoms with van der Waals surface area (Å²) in [4.78, 5) is 62.8. The maximum atomic E-state index is 14.1. The number of Topliss-reactive ketones (excluding diaryl/α,β-unsaturated/α-hetero) is 1. The predicted molar refractivity (Wildman–Crippen MR) is 166 cm³/mol. The fourth-order valence-electron chi connectivity index (χ4n) is 6.94. The average molecular weight is 609 g/mol. The van der Waals surface area contributed by atoms with Crippen molar-refractivity contribution in [2.24, 2.45) is 5.41 Å². The molecule has 2 fully saturated rings. The van der Waals surface area contributed by atoms with Crippen molar-refractivity contribution in [3.8, 4) is 11.1 Å². The van der Waals surface area contributed by atoms with Gasteiger partial charge in [-0.25, -0.2) is 14.8 Å². The van der Waals surface area contributed by atoms with Gasteiger partial charge in [0.1, 0.15) is 30.1 Å². The molecule has 2 amide bonds. The lowest BCUT2D eigenvalue weighted by atomic mass is 9.66. The highest BCUT2D eigenvalue weighted by Crippen LogP contribution is 2.54. The molecule has 2 aromatic carbocycles. The fourth-order valence-corrected chi connectivity index (χ4v) is 6.94. The molecular formula is C34H36N6O5. The largest absolute Gasteiger partial charge is 0.480 e. The van der Waals surface area contributed by atoms with Crippen LogP contribution >= 0.6 is 0 Å².